The highest BCUT2D eigenvalue weighted by Gasteiger charge is 2.13. The third-order valence-electron chi connectivity index (χ3n) is 3.34. The number of ether oxygens (including phenoxy) is 2. The minimum atomic E-state index is -0.373. The number of benzene rings is 2. The van der Waals surface area contributed by atoms with E-state index in [0.29, 0.717) is 6.61 Å². The van der Waals surface area contributed by atoms with E-state index in [1.165, 1.54) is 18.7 Å². The molecule has 0 fully saturated rings. The van der Waals surface area contributed by atoms with Gasteiger partial charge in [-0.3, -0.25) is 0 Å². The van der Waals surface area contributed by atoms with E-state index in [9.17, 15) is 4.39 Å². The topological polar surface area (TPSA) is 18.5 Å². The first-order chi connectivity index (χ1) is 9.90. The van der Waals surface area contributed by atoms with Gasteiger partial charge >= 0.3 is 0 Å². The van der Waals surface area contributed by atoms with Crippen LogP contribution in [-0.4, -0.2) is 7.11 Å². The number of halogens is 1. The highest BCUT2D eigenvalue weighted by atomic mass is 19.1. The normalized spacial score (nSPS) is 11.3. The summed E-state index contributed by atoms with van der Waals surface area (Å²) in [4.78, 5) is 0. The maximum absolute atomic E-state index is 13.6. The Morgan fingerprint density at radius 1 is 1.00 bits per heavy atom. The largest absolute Gasteiger partial charge is 0.494 e. The summed E-state index contributed by atoms with van der Waals surface area (Å²) in [7, 11) is 1.45. The molecule has 0 N–H and O–H groups in total. The Hall–Kier alpha value is -2.03. The minimum Gasteiger partial charge on any atom is -0.494 e. The van der Waals surface area contributed by atoms with Gasteiger partial charge < -0.3 is 9.47 Å². The van der Waals surface area contributed by atoms with Gasteiger partial charge in [-0.1, -0.05) is 39.0 Å². The van der Waals surface area contributed by atoms with Gasteiger partial charge in [0.15, 0.2) is 11.6 Å². The molecule has 0 saturated heterocycles. The third kappa shape index (κ3) is 3.97. The first kappa shape index (κ1) is 15.4. The van der Waals surface area contributed by atoms with E-state index in [-0.39, 0.29) is 17.0 Å². The van der Waals surface area contributed by atoms with Crippen molar-refractivity contribution in [3.05, 3.63) is 59.4 Å². The molecule has 0 heterocycles. The summed E-state index contributed by atoms with van der Waals surface area (Å²) in [6.07, 6.45) is 0. The second-order valence-electron chi connectivity index (χ2n) is 6.03. The van der Waals surface area contributed by atoms with Crippen LogP contribution in [0, 0.1) is 5.82 Å². The van der Waals surface area contributed by atoms with Gasteiger partial charge in [-0.05, 0) is 40.8 Å². The van der Waals surface area contributed by atoms with Gasteiger partial charge in [0.05, 0.1) is 7.11 Å². The summed E-state index contributed by atoms with van der Waals surface area (Å²) >= 11 is 0. The van der Waals surface area contributed by atoms with Crippen molar-refractivity contribution in [1.82, 2.24) is 0 Å². The lowest BCUT2D eigenvalue weighted by Gasteiger charge is -2.19. The van der Waals surface area contributed by atoms with Crippen LogP contribution >= 0.6 is 0 Å². The Morgan fingerprint density at radius 2 is 1.67 bits per heavy atom. The lowest BCUT2D eigenvalue weighted by molar-refractivity contribution is 0.304. The highest BCUT2D eigenvalue weighted by molar-refractivity contribution is 5.32. The fourth-order valence-electron chi connectivity index (χ4n) is 2.02. The smallest absolute Gasteiger partial charge is 0.165 e. The Balaban J connectivity index is 2.01. The predicted molar refractivity (Wildman–Crippen MR) is 82.4 cm³/mol. The monoisotopic (exact) mass is 288 g/mol. The number of methoxy groups -OCH3 is 1. The van der Waals surface area contributed by atoms with Crippen molar-refractivity contribution in [1.29, 1.82) is 0 Å². The van der Waals surface area contributed by atoms with Gasteiger partial charge in [0, 0.05) is 0 Å². The van der Waals surface area contributed by atoms with E-state index < -0.39 is 0 Å². The van der Waals surface area contributed by atoms with Gasteiger partial charge in [0.1, 0.15) is 12.4 Å². The van der Waals surface area contributed by atoms with Crippen molar-refractivity contribution in [3.63, 3.8) is 0 Å². The third-order valence-corrected chi connectivity index (χ3v) is 3.34. The van der Waals surface area contributed by atoms with Crippen LogP contribution in [0.4, 0.5) is 4.39 Å². The molecule has 2 aromatic carbocycles. The SMILES string of the molecule is COc1ccc(COc2ccc(C(C)(C)C)cc2)cc1F. The molecule has 0 radical (unpaired) electrons. The Morgan fingerprint density at radius 3 is 2.19 bits per heavy atom. The fourth-order valence-corrected chi connectivity index (χ4v) is 2.02. The Bertz CT molecular complexity index is 598. The number of hydrogen-bond acceptors (Lipinski definition) is 2. The Kier molecular flexibility index (Phi) is 4.51. The molecule has 0 aliphatic rings. The van der Waals surface area contributed by atoms with Crippen molar-refractivity contribution >= 4 is 0 Å². The van der Waals surface area contributed by atoms with Gasteiger partial charge in [-0.2, -0.15) is 0 Å². The van der Waals surface area contributed by atoms with Crippen LogP contribution in [-0.2, 0) is 12.0 Å². The highest BCUT2D eigenvalue weighted by Crippen LogP contribution is 2.25. The van der Waals surface area contributed by atoms with Crippen LogP contribution in [0.1, 0.15) is 31.9 Å². The molecule has 0 amide bonds. The molecule has 2 rings (SSSR count). The van der Waals surface area contributed by atoms with Gasteiger partial charge in [0.25, 0.3) is 0 Å². The van der Waals surface area contributed by atoms with Gasteiger partial charge in [0.2, 0.25) is 0 Å². The van der Waals surface area contributed by atoms with Crippen LogP contribution in [0.3, 0.4) is 0 Å². The maximum atomic E-state index is 13.6. The molecule has 0 unspecified atom stereocenters. The molecular formula is C18H21FO2. The van der Waals surface area contributed by atoms with Crippen molar-refractivity contribution in [2.75, 3.05) is 7.11 Å². The minimum absolute atomic E-state index is 0.123. The molecule has 2 aromatic rings. The van der Waals surface area contributed by atoms with Crippen molar-refractivity contribution in [3.8, 4) is 11.5 Å². The lowest BCUT2D eigenvalue weighted by atomic mass is 9.87. The van der Waals surface area contributed by atoms with E-state index in [1.807, 2.05) is 12.1 Å². The summed E-state index contributed by atoms with van der Waals surface area (Å²) < 4.78 is 24.2. The molecule has 0 spiro atoms. The van der Waals surface area contributed by atoms with Crippen LogP contribution in [0.2, 0.25) is 0 Å². The molecule has 0 saturated carbocycles. The first-order valence-corrected chi connectivity index (χ1v) is 6.96. The molecule has 0 atom stereocenters. The van der Waals surface area contributed by atoms with Gasteiger partial charge in [-0.15, -0.1) is 0 Å². The summed E-state index contributed by atoms with van der Waals surface area (Å²) in [6.45, 7) is 6.84. The summed E-state index contributed by atoms with van der Waals surface area (Å²) in [5.41, 5.74) is 2.15. The van der Waals surface area contributed by atoms with E-state index in [0.717, 1.165) is 11.3 Å². The number of rotatable bonds is 4. The lowest BCUT2D eigenvalue weighted by Crippen LogP contribution is -2.10. The first-order valence-electron chi connectivity index (χ1n) is 6.96. The molecule has 3 heteroatoms. The van der Waals surface area contributed by atoms with E-state index in [2.05, 4.69) is 32.9 Å². The second-order valence-corrected chi connectivity index (χ2v) is 6.03. The van der Waals surface area contributed by atoms with E-state index in [4.69, 9.17) is 9.47 Å². The fraction of sp³-hybridized carbons (Fsp3) is 0.333. The second kappa shape index (κ2) is 6.17. The Labute approximate surface area is 125 Å². The van der Waals surface area contributed by atoms with Crippen molar-refractivity contribution in [2.24, 2.45) is 0 Å². The molecule has 0 aromatic heterocycles. The molecule has 21 heavy (non-hydrogen) atoms. The summed E-state index contributed by atoms with van der Waals surface area (Å²) in [5, 5.41) is 0. The number of hydrogen-bond donors (Lipinski definition) is 0. The zero-order valence-electron chi connectivity index (χ0n) is 12.9. The summed E-state index contributed by atoms with van der Waals surface area (Å²) in [6, 6.07) is 12.8. The van der Waals surface area contributed by atoms with Crippen LogP contribution in [0.25, 0.3) is 0 Å². The maximum Gasteiger partial charge on any atom is 0.165 e. The van der Waals surface area contributed by atoms with Crippen molar-refractivity contribution < 1.29 is 13.9 Å². The van der Waals surface area contributed by atoms with Crippen molar-refractivity contribution in [2.45, 2.75) is 32.8 Å². The standard InChI is InChI=1S/C18H21FO2/c1-18(2,3)14-6-8-15(9-7-14)21-12-13-5-10-17(20-4)16(19)11-13/h5-11H,12H2,1-4H3. The van der Waals surface area contributed by atoms with E-state index in [1.54, 1.807) is 12.1 Å². The van der Waals surface area contributed by atoms with Crippen LogP contribution in [0.5, 0.6) is 11.5 Å². The average Bonchev–Trinajstić information content (AvgIpc) is 2.45. The summed E-state index contributed by atoms with van der Waals surface area (Å²) in [5.74, 6) is 0.647. The quantitative estimate of drug-likeness (QED) is 0.811. The molecule has 112 valence electrons. The van der Waals surface area contributed by atoms with Crippen LogP contribution < -0.4 is 9.47 Å². The molecule has 0 aliphatic carbocycles. The van der Waals surface area contributed by atoms with E-state index >= 15 is 0 Å². The zero-order valence-corrected chi connectivity index (χ0v) is 12.9. The molecule has 0 bridgehead atoms. The van der Waals surface area contributed by atoms with Gasteiger partial charge in [-0.25, -0.2) is 4.39 Å². The zero-order chi connectivity index (χ0) is 15.5. The van der Waals surface area contributed by atoms with Crippen LogP contribution in [0.15, 0.2) is 42.5 Å². The molecular weight excluding hydrogens is 267 g/mol. The molecule has 0 aliphatic heterocycles. The molecule has 2 nitrogen and oxygen atoms in total. The average molecular weight is 288 g/mol. The predicted octanol–water partition coefficient (Wildman–Crippen LogP) is 4.71.